The van der Waals surface area contributed by atoms with Crippen molar-refractivity contribution in [3.8, 4) is 0 Å². The van der Waals surface area contributed by atoms with Crippen molar-refractivity contribution in [2.75, 3.05) is 18.6 Å². The van der Waals surface area contributed by atoms with Crippen molar-refractivity contribution in [2.45, 2.75) is 18.8 Å². The Bertz CT molecular complexity index is 612. The lowest BCUT2D eigenvalue weighted by Gasteiger charge is -2.17. The third-order valence-electron chi connectivity index (χ3n) is 3.00. The summed E-state index contributed by atoms with van der Waals surface area (Å²) >= 11 is 1.48. The van der Waals surface area contributed by atoms with Crippen LogP contribution in [0.25, 0.3) is 11.0 Å². The molecule has 0 aromatic carbocycles. The highest BCUT2D eigenvalue weighted by Gasteiger charge is 2.15. The van der Waals surface area contributed by atoms with E-state index in [1.807, 2.05) is 6.26 Å². The van der Waals surface area contributed by atoms with Crippen LogP contribution in [0.4, 0.5) is 0 Å². The fraction of sp³-hybridized carbons (Fsp3) is 0.500. The number of fused-ring (bicyclic) bond motifs is 1. The minimum absolute atomic E-state index is 0.211. The summed E-state index contributed by atoms with van der Waals surface area (Å²) in [6, 6.07) is 0. The first-order valence-corrected chi connectivity index (χ1v) is 7.62. The number of hydrogen-bond donors (Lipinski definition) is 5. The van der Waals surface area contributed by atoms with E-state index in [1.165, 1.54) is 18.1 Å². The summed E-state index contributed by atoms with van der Waals surface area (Å²) in [7, 11) is 0. The largest absolute Gasteiger partial charge is 0.390 e. The van der Waals surface area contributed by atoms with Gasteiger partial charge in [-0.1, -0.05) is 0 Å². The number of aromatic nitrogens is 3. The molecule has 2 aromatic rings. The van der Waals surface area contributed by atoms with E-state index >= 15 is 0 Å². The van der Waals surface area contributed by atoms with Crippen LogP contribution in [0.5, 0.6) is 0 Å². The number of aliphatic hydroxyl groups excluding tert-OH is 2. The van der Waals surface area contributed by atoms with Crippen LogP contribution in [0.15, 0.2) is 17.3 Å². The molecule has 7 nitrogen and oxygen atoms in total. The van der Waals surface area contributed by atoms with Crippen LogP contribution >= 0.6 is 11.8 Å². The molecule has 2 rings (SSSR count). The van der Waals surface area contributed by atoms with Gasteiger partial charge in [-0.3, -0.25) is 4.79 Å². The van der Waals surface area contributed by atoms with Gasteiger partial charge in [0, 0.05) is 30.6 Å². The Kier molecular flexibility index (Phi) is 5.18. The Hall–Kier alpha value is -1.35. The molecule has 20 heavy (non-hydrogen) atoms. The summed E-state index contributed by atoms with van der Waals surface area (Å²) in [5, 5.41) is 22.4. The number of aliphatic hydroxyl groups is 2. The van der Waals surface area contributed by atoms with Crippen molar-refractivity contribution in [1.82, 2.24) is 20.3 Å². The quantitative estimate of drug-likeness (QED) is 0.467. The maximum atomic E-state index is 11.5. The minimum atomic E-state index is -0.816. The fourth-order valence-corrected chi connectivity index (χ4v) is 2.48. The number of rotatable bonds is 7. The van der Waals surface area contributed by atoms with Gasteiger partial charge < -0.3 is 25.5 Å². The van der Waals surface area contributed by atoms with Crippen LogP contribution < -0.4 is 10.9 Å². The van der Waals surface area contributed by atoms with Crippen LogP contribution in [0.2, 0.25) is 0 Å². The summed E-state index contributed by atoms with van der Waals surface area (Å²) in [6.45, 7) is 0.733. The van der Waals surface area contributed by atoms with Gasteiger partial charge in [0.05, 0.1) is 24.1 Å². The number of nitrogens with one attached hydrogen (secondary N) is 3. The van der Waals surface area contributed by atoms with E-state index in [1.54, 1.807) is 6.20 Å². The summed E-state index contributed by atoms with van der Waals surface area (Å²) < 4.78 is 0. The predicted molar refractivity (Wildman–Crippen MR) is 78.8 cm³/mol. The summed E-state index contributed by atoms with van der Waals surface area (Å²) in [5.41, 5.74) is 1.68. The molecule has 8 heteroatoms. The average Bonchev–Trinajstić information content (AvgIpc) is 2.84. The average molecular weight is 298 g/mol. The van der Waals surface area contributed by atoms with Crippen LogP contribution in [0.3, 0.4) is 0 Å². The Labute approximate surface area is 119 Å². The van der Waals surface area contributed by atoms with Crippen molar-refractivity contribution in [3.63, 3.8) is 0 Å². The fourth-order valence-electron chi connectivity index (χ4n) is 1.91. The smallest absolute Gasteiger partial charge is 0.275 e. The van der Waals surface area contributed by atoms with Gasteiger partial charge in [-0.2, -0.15) is 11.8 Å². The van der Waals surface area contributed by atoms with Crippen molar-refractivity contribution < 1.29 is 10.2 Å². The number of H-pyrrole nitrogens is 2. The van der Waals surface area contributed by atoms with E-state index in [-0.39, 0.29) is 12.1 Å². The second-order valence-electron chi connectivity index (χ2n) is 4.49. The molecular weight excluding hydrogens is 280 g/mol. The molecule has 0 amide bonds. The lowest BCUT2D eigenvalue weighted by Crippen LogP contribution is -2.37. The molecule has 0 saturated carbocycles. The van der Waals surface area contributed by atoms with Crippen molar-refractivity contribution in [1.29, 1.82) is 0 Å². The monoisotopic (exact) mass is 298 g/mol. The zero-order chi connectivity index (χ0) is 14.5. The Morgan fingerprint density at radius 2 is 2.20 bits per heavy atom. The van der Waals surface area contributed by atoms with Crippen molar-refractivity contribution in [3.05, 3.63) is 28.4 Å². The van der Waals surface area contributed by atoms with E-state index in [9.17, 15) is 15.0 Å². The normalized spacial score (nSPS) is 14.6. The molecule has 0 fully saturated rings. The van der Waals surface area contributed by atoms with E-state index in [0.29, 0.717) is 23.3 Å². The summed E-state index contributed by atoms with van der Waals surface area (Å²) in [5.74, 6) is 0.493. The van der Waals surface area contributed by atoms with Crippen molar-refractivity contribution >= 4 is 22.8 Å². The number of aromatic amines is 2. The van der Waals surface area contributed by atoms with Gasteiger partial charge in [0.2, 0.25) is 0 Å². The molecule has 2 atom stereocenters. The summed E-state index contributed by atoms with van der Waals surface area (Å²) in [4.78, 5) is 21.0. The first kappa shape index (κ1) is 15.0. The molecule has 0 aliphatic heterocycles. The summed E-state index contributed by atoms with van der Waals surface area (Å²) in [6.07, 6.45) is 3.38. The standard InChI is InChI=1S/C12H18N4O3S/c1-20-5-9(18)8(17)4-13-2-7-3-14-11-10(7)15-6-16-12(11)19/h3,6,8-9,13-14,17-18H,2,4-5H2,1H3,(H,15,16,19)/t8-,9-/m1/s1. The van der Waals surface area contributed by atoms with E-state index in [2.05, 4.69) is 20.3 Å². The van der Waals surface area contributed by atoms with Gasteiger partial charge in [0.15, 0.2) is 0 Å². The van der Waals surface area contributed by atoms with Gasteiger partial charge in [-0.25, -0.2) is 4.98 Å². The molecule has 5 N–H and O–H groups in total. The Morgan fingerprint density at radius 3 is 2.95 bits per heavy atom. The van der Waals surface area contributed by atoms with Gasteiger partial charge in [-0.15, -0.1) is 0 Å². The zero-order valence-corrected chi connectivity index (χ0v) is 11.9. The molecule has 0 aliphatic rings. The minimum Gasteiger partial charge on any atom is -0.390 e. The lowest BCUT2D eigenvalue weighted by molar-refractivity contribution is 0.0347. The maximum Gasteiger partial charge on any atom is 0.275 e. The van der Waals surface area contributed by atoms with Gasteiger partial charge in [0.25, 0.3) is 5.56 Å². The predicted octanol–water partition coefficient (Wildman–Crippen LogP) is -0.574. The van der Waals surface area contributed by atoms with E-state index in [4.69, 9.17) is 0 Å². The Morgan fingerprint density at radius 1 is 1.40 bits per heavy atom. The molecule has 2 aromatic heterocycles. The zero-order valence-electron chi connectivity index (χ0n) is 11.1. The van der Waals surface area contributed by atoms with E-state index in [0.717, 1.165) is 5.56 Å². The third kappa shape index (κ3) is 3.40. The van der Waals surface area contributed by atoms with Gasteiger partial charge >= 0.3 is 0 Å². The molecular formula is C12H18N4O3S. The second-order valence-corrected chi connectivity index (χ2v) is 5.40. The molecule has 110 valence electrons. The van der Waals surface area contributed by atoms with Crippen molar-refractivity contribution in [2.24, 2.45) is 0 Å². The highest BCUT2D eigenvalue weighted by molar-refractivity contribution is 7.98. The number of nitrogens with zero attached hydrogens (tertiary/aromatic N) is 1. The second kappa shape index (κ2) is 6.89. The molecule has 2 heterocycles. The Balaban J connectivity index is 1.93. The van der Waals surface area contributed by atoms with Gasteiger partial charge in [0.1, 0.15) is 5.52 Å². The highest BCUT2D eigenvalue weighted by atomic mass is 32.2. The molecule has 0 bridgehead atoms. The molecule has 0 spiro atoms. The van der Waals surface area contributed by atoms with Crippen LogP contribution in [0, 0.1) is 0 Å². The highest BCUT2D eigenvalue weighted by Crippen LogP contribution is 2.11. The lowest BCUT2D eigenvalue weighted by atomic mass is 10.2. The molecule has 0 radical (unpaired) electrons. The van der Waals surface area contributed by atoms with Crippen LogP contribution in [0.1, 0.15) is 5.56 Å². The first-order chi connectivity index (χ1) is 9.63. The number of thioether (sulfide) groups is 1. The molecule has 0 unspecified atom stereocenters. The maximum absolute atomic E-state index is 11.5. The van der Waals surface area contributed by atoms with Crippen LogP contribution in [-0.2, 0) is 6.54 Å². The van der Waals surface area contributed by atoms with Gasteiger partial charge in [-0.05, 0) is 6.26 Å². The first-order valence-electron chi connectivity index (χ1n) is 6.23. The third-order valence-corrected chi connectivity index (χ3v) is 3.67. The van der Waals surface area contributed by atoms with Crippen LogP contribution in [-0.4, -0.2) is 55.9 Å². The topological polar surface area (TPSA) is 114 Å². The SMILES string of the molecule is CSC[C@@H](O)[C@H](O)CNCc1c[nH]c2c(=O)[nH]cnc12. The molecule has 0 saturated heterocycles. The number of hydrogen-bond acceptors (Lipinski definition) is 6. The van der Waals surface area contributed by atoms with E-state index < -0.39 is 12.2 Å². The molecule has 0 aliphatic carbocycles.